The van der Waals surface area contributed by atoms with Crippen molar-refractivity contribution in [2.24, 2.45) is 17.2 Å². The van der Waals surface area contributed by atoms with Crippen molar-refractivity contribution < 1.29 is 4.74 Å². The lowest BCUT2D eigenvalue weighted by Gasteiger charge is -2.25. The molecule has 6 N–H and O–H groups in total. The minimum absolute atomic E-state index is 0.750. The van der Waals surface area contributed by atoms with Crippen LogP contribution in [0.1, 0.15) is 6.92 Å². The van der Waals surface area contributed by atoms with Gasteiger partial charge in [0.05, 0.1) is 13.2 Å². The van der Waals surface area contributed by atoms with Crippen molar-refractivity contribution >= 4 is 0 Å². The maximum atomic E-state index is 5.38. The van der Waals surface area contributed by atoms with Gasteiger partial charge < -0.3 is 26.8 Å². The number of rotatable bonds is 4. The zero-order valence-electron chi connectivity index (χ0n) is 12.4. The molecule has 0 unspecified atom stereocenters. The number of hydrogen-bond acceptors (Lipinski definition) is 6. The summed E-state index contributed by atoms with van der Waals surface area (Å²) < 4.78 is 5.16. The quantitative estimate of drug-likeness (QED) is 0.587. The average molecular weight is 263 g/mol. The normalized spacial score (nSPS) is 15.5. The molecular formula is C12H33N5O. The van der Waals surface area contributed by atoms with E-state index in [1.54, 1.807) is 0 Å². The Bertz CT molecular complexity index is 138. The van der Waals surface area contributed by atoms with Crippen LogP contribution in [-0.4, -0.2) is 82.9 Å². The van der Waals surface area contributed by atoms with Crippen molar-refractivity contribution in [1.29, 1.82) is 0 Å². The smallest absolute Gasteiger partial charge is 0.0594 e. The molecule has 0 radical (unpaired) electrons. The minimum Gasteiger partial charge on any atom is -0.379 e. The molecule has 6 nitrogen and oxygen atoms in total. The SMILES string of the molecule is CCN.CN(C)CCN.NCCN1CCOCC1. The summed E-state index contributed by atoms with van der Waals surface area (Å²) in [5.41, 5.74) is 15.4. The maximum absolute atomic E-state index is 5.38. The molecule has 0 amide bonds. The van der Waals surface area contributed by atoms with E-state index in [-0.39, 0.29) is 0 Å². The fourth-order valence-corrected chi connectivity index (χ4v) is 1.27. The summed E-state index contributed by atoms with van der Waals surface area (Å²) in [6.07, 6.45) is 0. The summed E-state index contributed by atoms with van der Waals surface area (Å²) in [5, 5.41) is 0. The van der Waals surface area contributed by atoms with E-state index in [0.717, 1.165) is 59.0 Å². The van der Waals surface area contributed by atoms with E-state index >= 15 is 0 Å². The van der Waals surface area contributed by atoms with E-state index in [1.807, 2.05) is 21.0 Å². The van der Waals surface area contributed by atoms with Gasteiger partial charge in [-0.2, -0.15) is 0 Å². The van der Waals surface area contributed by atoms with Gasteiger partial charge in [-0.05, 0) is 20.6 Å². The minimum atomic E-state index is 0.750. The summed E-state index contributed by atoms with van der Waals surface area (Å²) in [6.45, 7) is 10.0. The fraction of sp³-hybridized carbons (Fsp3) is 1.00. The molecule has 0 atom stereocenters. The lowest BCUT2D eigenvalue weighted by molar-refractivity contribution is 0.0394. The highest BCUT2D eigenvalue weighted by atomic mass is 16.5. The molecule has 1 aliphatic rings. The van der Waals surface area contributed by atoms with Crippen LogP contribution in [0.15, 0.2) is 0 Å². The molecule has 6 heteroatoms. The first-order chi connectivity index (χ1) is 8.62. The highest BCUT2D eigenvalue weighted by molar-refractivity contribution is 4.60. The molecule has 0 bridgehead atoms. The van der Waals surface area contributed by atoms with E-state index < -0.39 is 0 Å². The first kappa shape index (κ1) is 20.1. The van der Waals surface area contributed by atoms with Gasteiger partial charge in [0, 0.05) is 39.3 Å². The Kier molecular flexibility index (Phi) is 18.7. The molecule has 1 heterocycles. The molecule has 0 aromatic heterocycles. The molecular weight excluding hydrogens is 230 g/mol. The average Bonchev–Trinajstić information content (AvgIpc) is 2.32. The Labute approximate surface area is 112 Å². The molecule has 1 fully saturated rings. The second-order valence-electron chi connectivity index (χ2n) is 4.24. The second-order valence-corrected chi connectivity index (χ2v) is 4.24. The van der Waals surface area contributed by atoms with Gasteiger partial charge in [-0.25, -0.2) is 0 Å². The standard InChI is InChI=1S/C6H14N2O.C4H12N2.C2H7N/c7-1-2-8-3-5-9-6-4-8;1-6(2)4-3-5;1-2-3/h1-7H2;3-5H2,1-2H3;2-3H2,1H3. The van der Waals surface area contributed by atoms with Gasteiger partial charge >= 0.3 is 0 Å². The molecule has 1 rings (SSSR count). The summed E-state index contributed by atoms with van der Waals surface area (Å²) in [4.78, 5) is 4.38. The van der Waals surface area contributed by atoms with Gasteiger partial charge in [-0.15, -0.1) is 0 Å². The zero-order chi connectivity index (χ0) is 14.2. The fourth-order valence-electron chi connectivity index (χ4n) is 1.27. The second kappa shape index (κ2) is 16.8. The molecule has 0 saturated carbocycles. The summed E-state index contributed by atoms with van der Waals surface area (Å²) in [6, 6.07) is 0. The number of ether oxygens (including phenoxy) is 1. The van der Waals surface area contributed by atoms with Crippen LogP contribution in [0.25, 0.3) is 0 Å². The third-order valence-corrected chi connectivity index (χ3v) is 2.13. The first-order valence-electron chi connectivity index (χ1n) is 6.67. The molecule has 0 spiro atoms. The van der Waals surface area contributed by atoms with Crippen LogP contribution in [-0.2, 0) is 4.74 Å². The summed E-state index contributed by atoms with van der Waals surface area (Å²) in [7, 11) is 4.01. The Balaban J connectivity index is 0. The molecule has 112 valence electrons. The van der Waals surface area contributed by atoms with E-state index in [1.165, 1.54) is 0 Å². The lowest BCUT2D eigenvalue weighted by Crippen LogP contribution is -2.39. The number of nitrogens with two attached hydrogens (primary N) is 3. The van der Waals surface area contributed by atoms with Crippen molar-refractivity contribution in [3.05, 3.63) is 0 Å². The molecule has 0 aliphatic carbocycles. The first-order valence-corrected chi connectivity index (χ1v) is 6.67. The van der Waals surface area contributed by atoms with Crippen LogP contribution >= 0.6 is 0 Å². The van der Waals surface area contributed by atoms with Gasteiger partial charge in [-0.1, -0.05) is 6.92 Å². The van der Waals surface area contributed by atoms with E-state index in [0.29, 0.717) is 0 Å². The van der Waals surface area contributed by atoms with Crippen molar-refractivity contribution in [2.45, 2.75) is 6.92 Å². The van der Waals surface area contributed by atoms with Crippen LogP contribution in [0.4, 0.5) is 0 Å². The van der Waals surface area contributed by atoms with Crippen LogP contribution in [0.2, 0.25) is 0 Å². The third-order valence-electron chi connectivity index (χ3n) is 2.13. The van der Waals surface area contributed by atoms with Crippen LogP contribution in [0.5, 0.6) is 0 Å². The van der Waals surface area contributed by atoms with E-state index in [9.17, 15) is 0 Å². The zero-order valence-corrected chi connectivity index (χ0v) is 12.4. The Hall–Kier alpha value is -0.240. The van der Waals surface area contributed by atoms with Crippen LogP contribution in [0.3, 0.4) is 0 Å². The Morgan fingerprint density at radius 1 is 1.06 bits per heavy atom. The number of hydrogen-bond donors (Lipinski definition) is 3. The van der Waals surface area contributed by atoms with Gasteiger partial charge in [0.2, 0.25) is 0 Å². The number of likely N-dealkylation sites (N-methyl/N-ethyl adjacent to an activating group) is 1. The molecule has 1 aliphatic heterocycles. The van der Waals surface area contributed by atoms with Gasteiger partial charge in [0.1, 0.15) is 0 Å². The monoisotopic (exact) mass is 263 g/mol. The van der Waals surface area contributed by atoms with Crippen LogP contribution < -0.4 is 17.2 Å². The maximum Gasteiger partial charge on any atom is 0.0594 e. The van der Waals surface area contributed by atoms with E-state index in [4.69, 9.17) is 21.9 Å². The predicted octanol–water partition coefficient (Wildman–Crippen LogP) is -1.25. The van der Waals surface area contributed by atoms with Gasteiger partial charge in [0.15, 0.2) is 0 Å². The van der Waals surface area contributed by atoms with Crippen molar-refractivity contribution in [2.75, 3.05) is 73.1 Å². The largest absolute Gasteiger partial charge is 0.379 e. The van der Waals surface area contributed by atoms with Gasteiger partial charge in [0.25, 0.3) is 0 Å². The topological polar surface area (TPSA) is 93.8 Å². The molecule has 18 heavy (non-hydrogen) atoms. The lowest BCUT2D eigenvalue weighted by atomic mass is 10.4. The molecule has 0 aromatic carbocycles. The van der Waals surface area contributed by atoms with Crippen molar-refractivity contribution in [3.8, 4) is 0 Å². The number of nitrogens with zero attached hydrogens (tertiary/aromatic N) is 2. The van der Waals surface area contributed by atoms with Crippen LogP contribution in [0, 0.1) is 0 Å². The van der Waals surface area contributed by atoms with Gasteiger partial charge in [-0.3, -0.25) is 4.90 Å². The summed E-state index contributed by atoms with van der Waals surface area (Å²) in [5.74, 6) is 0. The third kappa shape index (κ3) is 18.1. The highest BCUT2D eigenvalue weighted by Crippen LogP contribution is 1.93. The Morgan fingerprint density at radius 2 is 1.56 bits per heavy atom. The molecule has 0 aromatic rings. The summed E-state index contributed by atoms with van der Waals surface area (Å²) >= 11 is 0. The Morgan fingerprint density at radius 3 is 1.83 bits per heavy atom. The van der Waals surface area contributed by atoms with E-state index in [2.05, 4.69) is 9.80 Å². The number of morpholine rings is 1. The predicted molar refractivity (Wildman–Crippen MR) is 78.7 cm³/mol. The highest BCUT2D eigenvalue weighted by Gasteiger charge is 2.07. The molecule has 1 saturated heterocycles. The van der Waals surface area contributed by atoms with Crippen molar-refractivity contribution in [3.63, 3.8) is 0 Å². The van der Waals surface area contributed by atoms with Crippen molar-refractivity contribution in [1.82, 2.24) is 9.80 Å².